The molecule has 0 bridgehead atoms. The van der Waals surface area contributed by atoms with E-state index in [1.807, 2.05) is 12.1 Å². The summed E-state index contributed by atoms with van der Waals surface area (Å²) in [6.07, 6.45) is 0. The van der Waals surface area contributed by atoms with E-state index in [1.165, 1.54) is 6.07 Å². The maximum Gasteiger partial charge on any atom is 0.132 e. The third-order valence-electron chi connectivity index (χ3n) is 3.14. The highest BCUT2D eigenvalue weighted by Crippen LogP contribution is 2.32. The molecule has 0 aromatic heterocycles. The lowest BCUT2D eigenvalue weighted by molar-refractivity contribution is 0.276. The van der Waals surface area contributed by atoms with E-state index in [0.717, 1.165) is 0 Å². The lowest BCUT2D eigenvalue weighted by Crippen LogP contribution is -2.08. The van der Waals surface area contributed by atoms with Gasteiger partial charge in [0.2, 0.25) is 0 Å². The lowest BCUT2D eigenvalue weighted by Gasteiger charge is -2.16. The number of aliphatic hydroxyl groups excluding tert-OH is 1. The van der Waals surface area contributed by atoms with Gasteiger partial charge in [-0.1, -0.05) is 18.2 Å². The number of aryl methyl sites for hydroxylation is 1. The lowest BCUT2D eigenvalue weighted by atomic mass is 10.0. The van der Waals surface area contributed by atoms with Crippen molar-refractivity contribution >= 4 is 0 Å². The Bertz CT molecular complexity index is 611. The number of ether oxygens (including phenoxy) is 1. The number of para-hydroxylation sites is 1. The summed E-state index contributed by atoms with van der Waals surface area (Å²) in [6, 6.07) is 9.85. The average Bonchev–Trinajstić information content (AvgIpc) is 2.43. The van der Waals surface area contributed by atoms with E-state index in [1.54, 1.807) is 32.0 Å². The zero-order valence-corrected chi connectivity index (χ0v) is 11.6. The molecule has 0 radical (unpaired) electrons. The van der Waals surface area contributed by atoms with Crippen LogP contribution in [0.2, 0.25) is 0 Å². The number of halogens is 1. The van der Waals surface area contributed by atoms with Gasteiger partial charge in [-0.3, -0.25) is 0 Å². The fourth-order valence-corrected chi connectivity index (χ4v) is 1.97. The van der Waals surface area contributed by atoms with Gasteiger partial charge in [-0.15, -0.1) is 0 Å². The second kappa shape index (κ2) is 6.03. The van der Waals surface area contributed by atoms with Crippen molar-refractivity contribution in [2.24, 2.45) is 5.73 Å². The monoisotopic (exact) mass is 275 g/mol. The van der Waals surface area contributed by atoms with Crippen molar-refractivity contribution in [2.75, 3.05) is 0 Å². The normalized spacial score (nSPS) is 12.2. The van der Waals surface area contributed by atoms with Crippen LogP contribution in [0.4, 0.5) is 4.39 Å². The van der Waals surface area contributed by atoms with Gasteiger partial charge in [-0.25, -0.2) is 4.39 Å². The number of rotatable bonds is 4. The third kappa shape index (κ3) is 2.98. The Morgan fingerprint density at radius 3 is 2.60 bits per heavy atom. The first-order chi connectivity index (χ1) is 9.52. The number of hydrogen-bond donors (Lipinski definition) is 2. The summed E-state index contributed by atoms with van der Waals surface area (Å²) in [5.41, 5.74) is 7.62. The fraction of sp³-hybridized carbons (Fsp3) is 0.250. The Labute approximate surface area is 117 Å². The summed E-state index contributed by atoms with van der Waals surface area (Å²) in [6.45, 7) is 3.32. The van der Waals surface area contributed by atoms with Crippen LogP contribution in [0.1, 0.15) is 29.7 Å². The predicted octanol–water partition coefficient (Wildman–Crippen LogP) is 3.44. The molecule has 0 heterocycles. The SMILES string of the molecule is Cc1cc(Oc2ccccc2CO)c([C@H](C)N)cc1F. The first kappa shape index (κ1) is 14.5. The van der Waals surface area contributed by atoms with E-state index in [-0.39, 0.29) is 18.5 Å². The fourth-order valence-electron chi connectivity index (χ4n) is 1.97. The molecule has 3 nitrogen and oxygen atoms in total. The highest BCUT2D eigenvalue weighted by atomic mass is 19.1. The van der Waals surface area contributed by atoms with Gasteiger partial charge in [0.15, 0.2) is 0 Å². The van der Waals surface area contributed by atoms with E-state index < -0.39 is 0 Å². The van der Waals surface area contributed by atoms with Crippen LogP contribution in [-0.4, -0.2) is 5.11 Å². The van der Waals surface area contributed by atoms with Gasteiger partial charge in [-0.2, -0.15) is 0 Å². The standard InChI is InChI=1S/C16H18FNO2/c1-10-7-16(13(11(2)18)8-14(10)17)20-15-6-4-3-5-12(15)9-19/h3-8,11,19H,9,18H2,1-2H3/t11-/m0/s1. The quantitative estimate of drug-likeness (QED) is 0.898. The second-order valence-electron chi connectivity index (χ2n) is 4.80. The van der Waals surface area contributed by atoms with E-state index in [4.69, 9.17) is 10.5 Å². The van der Waals surface area contributed by atoms with Crippen LogP contribution in [0.5, 0.6) is 11.5 Å². The molecule has 0 unspecified atom stereocenters. The molecule has 0 fully saturated rings. The molecular weight excluding hydrogens is 257 g/mol. The molecule has 3 N–H and O–H groups in total. The first-order valence-electron chi connectivity index (χ1n) is 6.45. The molecule has 0 aliphatic rings. The first-order valence-corrected chi connectivity index (χ1v) is 6.45. The van der Waals surface area contributed by atoms with Crippen LogP contribution in [-0.2, 0) is 6.61 Å². The van der Waals surface area contributed by atoms with Gasteiger partial charge in [0.1, 0.15) is 17.3 Å². The van der Waals surface area contributed by atoms with Crippen LogP contribution >= 0.6 is 0 Å². The van der Waals surface area contributed by atoms with Crippen LogP contribution in [0, 0.1) is 12.7 Å². The molecule has 0 spiro atoms. The third-order valence-corrected chi connectivity index (χ3v) is 3.14. The van der Waals surface area contributed by atoms with Gasteiger partial charge in [-0.05, 0) is 37.6 Å². The van der Waals surface area contributed by atoms with Crippen molar-refractivity contribution < 1.29 is 14.2 Å². The minimum absolute atomic E-state index is 0.121. The Morgan fingerprint density at radius 1 is 1.25 bits per heavy atom. The summed E-state index contributed by atoms with van der Waals surface area (Å²) in [4.78, 5) is 0. The molecule has 2 aromatic carbocycles. The molecule has 0 aliphatic heterocycles. The number of hydrogen-bond acceptors (Lipinski definition) is 3. The molecule has 106 valence electrons. The van der Waals surface area contributed by atoms with Crippen LogP contribution in [0.15, 0.2) is 36.4 Å². The maximum absolute atomic E-state index is 13.7. The summed E-state index contributed by atoms with van der Waals surface area (Å²) >= 11 is 0. The van der Waals surface area contributed by atoms with E-state index >= 15 is 0 Å². The Balaban J connectivity index is 2.45. The smallest absolute Gasteiger partial charge is 0.132 e. The van der Waals surface area contributed by atoms with Crippen molar-refractivity contribution in [1.29, 1.82) is 0 Å². The van der Waals surface area contributed by atoms with Gasteiger partial charge in [0.05, 0.1) is 6.61 Å². The highest BCUT2D eigenvalue weighted by molar-refractivity contribution is 5.44. The number of nitrogens with two attached hydrogens (primary N) is 1. The van der Waals surface area contributed by atoms with Gasteiger partial charge < -0.3 is 15.6 Å². The van der Waals surface area contributed by atoms with Crippen molar-refractivity contribution in [3.8, 4) is 11.5 Å². The number of benzene rings is 2. The van der Waals surface area contributed by atoms with Crippen LogP contribution < -0.4 is 10.5 Å². The Hall–Kier alpha value is -1.91. The molecule has 1 atom stereocenters. The van der Waals surface area contributed by atoms with Crippen molar-refractivity contribution in [1.82, 2.24) is 0 Å². The summed E-state index contributed by atoms with van der Waals surface area (Å²) in [5, 5.41) is 9.31. The molecule has 2 aromatic rings. The molecule has 0 aliphatic carbocycles. The zero-order chi connectivity index (χ0) is 14.7. The molecule has 0 amide bonds. The topological polar surface area (TPSA) is 55.5 Å². The number of aliphatic hydroxyl groups is 1. The molecule has 2 rings (SSSR count). The average molecular weight is 275 g/mol. The molecule has 4 heteroatoms. The van der Waals surface area contributed by atoms with Gasteiger partial charge in [0, 0.05) is 17.2 Å². The van der Waals surface area contributed by atoms with Gasteiger partial charge in [0.25, 0.3) is 0 Å². The minimum atomic E-state index is -0.346. The largest absolute Gasteiger partial charge is 0.457 e. The summed E-state index contributed by atoms with van der Waals surface area (Å²) in [5.74, 6) is 0.753. The molecule has 20 heavy (non-hydrogen) atoms. The van der Waals surface area contributed by atoms with E-state index in [2.05, 4.69) is 0 Å². The highest BCUT2D eigenvalue weighted by Gasteiger charge is 2.14. The molecule has 0 saturated heterocycles. The summed E-state index contributed by atoms with van der Waals surface area (Å²) < 4.78 is 19.5. The van der Waals surface area contributed by atoms with Crippen molar-refractivity contribution in [3.63, 3.8) is 0 Å². The minimum Gasteiger partial charge on any atom is -0.457 e. The van der Waals surface area contributed by atoms with Crippen molar-refractivity contribution in [3.05, 3.63) is 58.9 Å². The van der Waals surface area contributed by atoms with Gasteiger partial charge >= 0.3 is 0 Å². The second-order valence-corrected chi connectivity index (χ2v) is 4.80. The predicted molar refractivity (Wildman–Crippen MR) is 76.2 cm³/mol. The molecule has 0 saturated carbocycles. The van der Waals surface area contributed by atoms with E-state index in [9.17, 15) is 9.50 Å². The maximum atomic E-state index is 13.7. The van der Waals surface area contributed by atoms with Crippen molar-refractivity contribution in [2.45, 2.75) is 26.5 Å². The Morgan fingerprint density at radius 2 is 1.95 bits per heavy atom. The summed E-state index contributed by atoms with van der Waals surface area (Å²) in [7, 11) is 0. The van der Waals surface area contributed by atoms with Crippen LogP contribution in [0.25, 0.3) is 0 Å². The molecular formula is C16H18FNO2. The van der Waals surface area contributed by atoms with Crippen LogP contribution in [0.3, 0.4) is 0 Å². The van der Waals surface area contributed by atoms with E-state index in [0.29, 0.717) is 28.2 Å². The zero-order valence-electron chi connectivity index (χ0n) is 11.6. The Kier molecular flexibility index (Phi) is 4.37.